The number of hydrogen-bond acceptors (Lipinski definition) is 4. The van der Waals surface area contributed by atoms with E-state index in [1.807, 2.05) is 0 Å². The standard InChI is InChI=1S/C12H7NO3/c14-6-7-1-2-9(15)12-11(7)8-3-4-13-5-10(8)16-12/h1-6,15H. The van der Waals surface area contributed by atoms with E-state index in [1.54, 1.807) is 24.5 Å². The first-order valence-electron chi connectivity index (χ1n) is 4.74. The number of aldehydes is 1. The molecule has 0 saturated carbocycles. The zero-order chi connectivity index (χ0) is 11.1. The Bertz CT molecular complexity index is 700. The Morgan fingerprint density at radius 1 is 1.31 bits per heavy atom. The van der Waals surface area contributed by atoms with Gasteiger partial charge in [0.25, 0.3) is 0 Å². The molecule has 0 saturated heterocycles. The van der Waals surface area contributed by atoms with Crippen molar-refractivity contribution in [3.8, 4) is 5.75 Å². The lowest BCUT2D eigenvalue weighted by Gasteiger charge is -1.96. The Kier molecular flexibility index (Phi) is 1.71. The van der Waals surface area contributed by atoms with E-state index in [0.717, 1.165) is 11.7 Å². The molecule has 78 valence electrons. The number of phenols is 1. The third kappa shape index (κ3) is 1.04. The summed E-state index contributed by atoms with van der Waals surface area (Å²) in [7, 11) is 0. The fourth-order valence-corrected chi connectivity index (χ4v) is 1.84. The molecule has 1 aromatic carbocycles. The van der Waals surface area contributed by atoms with Crippen molar-refractivity contribution in [2.24, 2.45) is 0 Å². The molecular formula is C12H7NO3. The quantitative estimate of drug-likeness (QED) is 0.631. The number of fused-ring (bicyclic) bond motifs is 3. The Labute approximate surface area is 90.1 Å². The van der Waals surface area contributed by atoms with E-state index < -0.39 is 0 Å². The van der Waals surface area contributed by atoms with Crippen LogP contribution < -0.4 is 0 Å². The summed E-state index contributed by atoms with van der Waals surface area (Å²) >= 11 is 0. The first-order valence-corrected chi connectivity index (χ1v) is 4.74. The van der Waals surface area contributed by atoms with Gasteiger partial charge in [-0.25, -0.2) is 0 Å². The van der Waals surface area contributed by atoms with Gasteiger partial charge in [0.05, 0.1) is 6.20 Å². The lowest BCUT2D eigenvalue weighted by Crippen LogP contribution is -1.80. The molecular weight excluding hydrogens is 206 g/mol. The topological polar surface area (TPSA) is 63.3 Å². The number of aromatic hydroxyl groups is 1. The van der Waals surface area contributed by atoms with Crippen molar-refractivity contribution in [2.75, 3.05) is 0 Å². The smallest absolute Gasteiger partial charge is 0.177 e. The highest BCUT2D eigenvalue weighted by atomic mass is 16.4. The van der Waals surface area contributed by atoms with Crippen LogP contribution in [0.4, 0.5) is 0 Å². The number of phenolic OH excluding ortho intramolecular Hbond substituents is 1. The number of furan rings is 1. The summed E-state index contributed by atoms with van der Waals surface area (Å²) in [6, 6.07) is 4.77. The van der Waals surface area contributed by atoms with Gasteiger partial charge < -0.3 is 9.52 Å². The van der Waals surface area contributed by atoms with Gasteiger partial charge in [0.15, 0.2) is 23.2 Å². The van der Waals surface area contributed by atoms with Crippen LogP contribution in [0.1, 0.15) is 10.4 Å². The molecule has 0 fully saturated rings. The fraction of sp³-hybridized carbons (Fsp3) is 0. The number of hydrogen-bond donors (Lipinski definition) is 1. The van der Waals surface area contributed by atoms with E-state index in [9.17, 15) is 9.90 Å². The number of carbonyl (C=O) groups is 1. The van der Waals surface area contributed by atoms with Gasteiger partial charge in [0, 0.05) is 22.5 Å². The Morgan fingerprint density at radius 3 is 3.00 bits per heavy atom. The van der Waals surface area contributed by atoms with Crippen LogP contribution in [-0.2, 0) is 0 Å². The van der Waals surface area contributed by atoms with Crippen LogP contribution >= 0.6 is 0 Å². The maximum absolute atomic E-state index is 10.9. The third-order valence-electron chi connectivity index (χ3n) is 2.56. The average molecular weight is 213 g/mol. The average Bonchev–Trinajstić information content (AvgIpc) is 2.70. The van der Waals surface area contributed by atoms with E-state index >= 15 is 0 Å². The summed E-state index contributed by atoms with van der Waals surface area (Å²) in [4.78, 5) is 14.9. The van der Waals surface area contributed by atoms with Crippen molar-refractivity contribution in [2.45, 2.75) is 0 Å². The number of pyridine rings is 1. The largest absolute Gasteiger partial charge is 0.504 e. The summed E-state index contributed by atoms with van der Waals surface area (Å²) in [5.74, 6) is 0.0248. The van der Waals surface area contributed by atoms with Gasteiger partial charge in [0.1, 0.15) is 0 Å². The highest BCUT2D eigenvalue weighted by Gasteiger charge is 2.13. The minimum absolute atomic E-state index is 0.0248. The zero-order valence-corrected chi connectivity index (χ0v) is 8.18. The van der Waals surface area contributed by atoms with Crippen molar-refractivity contribution < 1.29 is 14.3 Å². The minimum Gasteiger partial charge on any atom is -0.504 e. The number of aromatic nitrogens is 1. The van der Waals surface area contributed by atoms with Crippen LogP contribution in [0, 0.1) is 0 Å². The van der Waals surface area contributed by atoms with Gasteiger partial charge in [-0.2, -0.15) is 0 Å². The predicted molar refractivity (Wildman–Crippen MR) is 58.6 cm³/mol. The molecule has 0 bridgehead atoms. The lowest BCUT2D eigenvalue weighted by molar-refractivity contribution is 0.112. The summed E-state index contributed by atoms with van der Waals surface area (Å²) in [6.07, 6.45) is 3.93. The van der Waals surface area contributed by atoms with Gasteiger partial charge in [-0.3, -0.25) is 9.78 Å². The van der Waals surface area contributed by atoms with Crippen LogP contribution in [-0.4, -0.2) is 16.4 Å². The maximum atomic E-state index is 10.9. The lowest BCUT2D eigenvalue weighted by atomic mass is 10.1. The highest BCUT2D eigenvalue weighted by Crippen LogP contribution is 2.35. The molecule has 4 nitrogen and oxygen atoms in total. The molecule has 0 aliphatic rings. The van der Waals surface area contributed by atoms with Crippen molar-refractivity contribution in [3.63, 3.8) is 0 Å². The number of carbonyl (C=O) groups excluding carboxylic acids is 1. The first-order chi connectivity index (χ1) is 7.81. The summed E-state index contributed by atoms with van der Waals surface area (Å²) in [6.45, 7) is 0. The van der Waals surface area contributed by atoms with Crippen molar-refractivity contribution in [1.29, 1.82) is 0 Å². The SMILES string of the molecule is O=Cc1ccc(O)c2oc3cnccc3c12. The summed E-state index contributed by atoms with van der Waals surface area (Å²) in [5.41, 5.74) is 1.38. The van der Waals surface area contributed by atoms with Gasteiger partial charge in [-0.05, 0) is 18.2 Å². The van der Waals surface area contributed by atoms with Crippen molar-refractivity contribution in [1.82, 2.24) is 4.98 Å². The summed E-state index contributed by atoms with van der Waals surface area (Å²) in [5, 5.41) is 11.1. The molecule has 2 heterocycles. The van der Waals surface area contributed by atoms with Crippen LogP contribution in [0.3, 0.4) is 0 Å². The fourth-order valence-electron chi connectivity index (χ4n) is 1.84. The molecule has 0 unspecified atom stereocenters. The Morgan fingerprint density at radius 2 is 2.19 bits per heavy atom. The number of rotatable bonds is 1. The van der Waals surface area contributed by atoms with Crippen LogP contribution in [0.15, 0.2) is 35.0 Å². The molecule has 0 spiro atoms. The molecule has 0 aliphatic carbocycles. The first kappa shape index (κ1) is 8.91. The highest BCUT2D eigenvalue weighted by molar-refractivity contribution is 6.13. The Balaban J connectivity index is 2.64. The van der Waals surface area contributed by atoms with Crippen molar-refractivity contribution in [3.05, 3.63) is 36.2 Å². The van der Waals surface area contributed by atoms with E-state index in [1.165, 1.54) is 6.07 Å². The van der Waals surface area contributed by atoms with E-state index in [2.05, 4.69) is 4.98 Å². The minimum atomic E-state index is 0.0248. The van der Waals surface area contributed by atoms with Crippen LogP contribution in [0.2, 0.25) is 0 Å². The van der Waals surface area contributed by atoms with E-state index in [-0.39, 0.29) is 5.75 Å². The molecule has 0 atom stereocenters. The zero-order valence-electron chi connectivity index (χ0n) is 8.18. The third-order valence-corrected chi connectivity index (χ3v) is 2.56. The molecule has 16 heavy (non-hydrogen) atoms. The monoisotopic (exact) mass is 213 g/mol. The Hall–Kier alpha value is -2.36. The van der Waals surface area contributed by atoms with Gasteiger partial charge >= 0.3 is 0 Å². The molecule has 1 N–H and O–H groups in total. The second-order valence-corrected chi connectivity index (χ2v) is 3.47. The molecule has 2 aromatic heterocycles. The molecule has 4 heteroatoms. The summed E-state index contributed by atoms with van der Waals surface area (Å²) < 4.78 is 5.45. The van der Waals surface area contributed by atoms with Gasteiger partial charge in [-0.15, -0.1) is 0 Å². The molecule has 0 amide bonds. The van der Waals surface area contributed by atoms with Crippen molar-refractivity contribution >= 4 is 28.2 Å². The van der Waals surface area contributed by atoms with E-state index in [4.69, 9.17) is 4.42 Å². The van der Waals surface area contributed by atoms with E-state index in [0.29, 0.717) is 22.1 Å². The molecule has 0 radical (unpaired) electrons. The van der Waals surface area contributed by atoms with Gasteiger partial charge in [0.2, 0.25) is 0 Å². The molecule has 0 aliphatic heterocycles. The maximum Gasteiger partial charge on any atom is 0.177 e. The number of benzene rings is 1. The number of nitrogens with zero attached hydrogens (tertiary/aromatic N) is 1. The molecule has 3 aromatic rings. The van der Waals surface area contributed by atoms with Gasteiger partial charge in [-0.1, -0.05) is 0 Å². The second kappa shape index (κ2) is 3.06. The normalized spacial score (nSPS) is 11.0. The molecule has 3 rings (SSSR count). The van der Waals surface area contributed by atoms with Crippen LogP contribution in [0.5, 0.6) is 5.75 Å². The predicted octanol–water partition coefficient (Wildman–Crippen LogP) is 2.50. The second-order valence-electron chi connectivity index (χ2n) is 3.47. The van der Waals surface area contributed by atoms with Crippen LogP contribution in [0.25, 0.3) is 21.9 Å².